The van der Waals surface area contributed by atoms with E-state index in [2.05, 4.69) is 17.3 Å². The molecule has 108 valence electrons. The number of aryl methyl sites for hydroxylation is 2. The van der Waals surface area contributed by atoms with Crippen molar-refractivity contribution >= 4 is 11.6 Å². The Labute approximate surface area is 121 Å². The van der Waals surface area contributed by atoms with Crippen molar-refractivity contribution in [1.29, 1.82) is 0 Å². The van der Waals surface area contributed by atoms with E-state index in [1.54, 1.807) is 0 Å². The van der Waals surface area contributed by atoms with Gasteiger partial charge in [0.2, 0.25) is 0 Å². The average molecular weight is 284 g/mol. The summed E-state index contributed by atoms with van der Waals surface area (Å²) in [7, 11) is 1.97. The van der Waals surface area contributed by atoms with Gasteiger partial charge in [0.05, 0.1) is 16.4 Å². The first-order valence-electron chi connectivity index (χ1n) is 7.53. The normalized spacial score (nSPS) is 23.8. The predicted molar refractivity (Wildman–Crippen MR) is 80.4 cm³/mol. The molecule has 0 bridgehead atoms. The quantitative estimate of drug-likeness (QED) is 0.890. The molecular formula is C15H26ClN3. The number of rotatable bonds is 5. The van der Waals surface area contributed by atoms with E-state index < -0.39 is 0 Å². The molecule has 0 amide bonds. The number of nitrogens with zero attached hydrogens (tertiary/aromatic N) is 2. The topological polar surface area (TPSA) is 29.9 Å². The molecule has 0 unspecified atom stereocenters. The van der Waals surface area contributed by atoms with Crippen LogP contribution in [0.5, 0.6) is 0 Å². The second-order valence-corrected chi connectivity index (χ2v) is 6.23. The molecule has 1 saturated carbocycles. The van der Waals surface area contributed by atoms with Crippen molar-refractivity contribution in [3.05, 3.63) is 16.4 Å². The lowest BCUT2D eigenvalue weighted by molar-refractivity contribution is 0.276. The van der Waals surface area contributed by atoms with E-state index >= 15 is 0 Å². The molecule has 2 rings (SSSR count). The summed E-state index contributed by atoms with van der Waals surface area (Å²) in [6.07, 6.45) is 8.09. The molecule has 0 atom stereocenters. The van der Waals surface area contributed by atoms with Crippen LogP contribution in [0.1, 0.15) is 56.8 Å². The molecule has 1 aliphatic rings. The Kier molecular flexibility index (Phi) is 5.28. The van der Waals surface area contributed by atoms with Crippen LogP contribution in [0.3, 0.4) is 0 Å². The third-order valence-corrected chi connectivity index (χ3v) is 4.86. The van der Waals surface area contributed by atoms with Crippen LogP contribution < -0.4 is 5.32 Å². The van der Waals surface area contributed by atoms with Gasteiger partial charge >= 0.3 is 0 Å². The largest absolute Gasteiger partial charge is 0.308 e. The summed E-state index contributed by atoms with van der Waals surface area (Å²) in [5, 5.41) is 8.82. The Morgan fingerprint density at radius 3 is 2.53 bits per heavy atom. The molecular weight excluding hydrogens is 258 g/mol. The molecule has 0 saturated heterocycles. The van der Waals surface area contributed by atoms with Crippen molar-refractivity contribution in [3.8, 4) is 0 Å². The van der Waals surface area contributed by atoms with Crippen molar-refractivity contribution in [2.45, 2.75) is 65.0 Å². The van der Waals surface area contributed by atoms with Crippen molar-refractivity contribution in [2.24, 2.45) is 13.0 Å². The molecule has 4 heteroatoms. The first-order valence-corrected chi connectivity index (χ1v) is 7.91. The fourth-order valence-electron chi connectivity index (χ4n) is 3.18. The first kappa shape index (κ1) is 14.9. The van der Waals surface area contributed by atoms with E-state index in [1.807, 2.05) is 18.7 Å². The third-order valence-electron chi connectivity index (χ3n) is 4.36. The van der Waals surface area contributed by atoms with Crippen LogP contribution in [0.2, 0.25) is 5.02 Å². The minimum Gasteiger partial charge on any atom is -0.308 e. The zero-order chi connectivity index (χ0) is 13.8. The van der Waals surface area contributed by atoms with Gasteiger partial charge in [-0.05, 0) is 38.5 Å². The van der Waals surface area contributed by atoms with Gasteiger partial charge in [-0.3, -0.25) is 4.68 Å². The summed E-state index contributed by atoms with van der Waals surface area (Å²) in [5.41, 5.74) is 2.03. The highest BCUT2D eigenvalue weighted by Gasteiger charge is 2.21. The Balaban J connectivity index is 1.80. The number of halogens is 1. The highest BCUT2D eigenvalue weighted by atomic mass is 35.5. The highest BCUT2D eigenvalue weighted by Crippen LogP contribution is 2.28. The summed E-state index contributed by atoms with van der Waals surface area (Å²) in [6.45, 7) is 5.08. The number of hydrogen-bond acceptors (Lipinski definition) is 2. The van der Waals surface area contributed by atoms with Gasteiger partial charge in [0, 0.05) is 19.6 Å². The maximum absolute atomic E-state index is 6.27. The molecule has 0 aliphatic heterocycles. The van der Waals surface area contributed by atoms with Crippen LogP contribution in [0.4, 0.5) is 0 Å². The second-order valence-electron chi connectivity index (χ2n) is 5.86. The van der Waals surface area contributed by atoms with Crippen LogP contribution >= 0.6 is 11.6 Å². The molecule has 1 aliphatic carbocycles. The Hall–Kier alpha value is -0.540. The minimum atomic E-state index is 0.652. The summed E-state index contributed by atoms with van der Waals surface area (Å²) in [5.74, 6) is 0.964. The average Bonchev–Trinajstić information content (AvgIpc) is 2.64. The summed E-state index contributed by atoms with van der Waals surface area (Å²) >= 11 is 6.27. The molecule has 1 aromatic rings. The van der Waals surface area contributed by atoms with Crippen LogP contribution in [-0.4, -0.2) is 15.8 Å². The molecule has 1 aromatic heterocycles. The van der Waals surface area contributed by atoms with E-state index in [0.29, 0.717) is 6.04 Å². The predicted octanol–water partition coefficient (Wildman–Crippen LogP) is 3.83. The van der Waals surface area contributed by atoms with Crippen molar-refractivity contribution in [1.82, 2.24) is 15.1 Å². The van der Waals surface area contributed by atoms with E-state index in [4.69, 9.17) is 11.6 Å². The SMILES string of the molecule is CCCC1CCC(NCc2c(Cl)c(C)nn2C)CC1. The summed E-state index contributed by atoms with van der Waals surface area (Å²) in [4.78, 5) is 0. The lowest BCUT2D eigenvalue weighted by Gasteiger charge is -2.29. The van der Waals surface area contributed by atoms with Gasteiger partial charge in [-0.2, -0.15) is 5.10 Å². The standard InChI is InChI=1S/C15H26ClN3/c1-4-5-12-6-8-13(9-7-12)17-10-14-15(16)11(2)18-19(14)3/h12-13,17H,4-10H2,1-3H3. The Morgan fingerprint density at radius 1 is 1.32 bits per heavy atom. The third kappa shape index (κ3) is 3.73. The van der Waals surface area contributed by atoms with Crippen molar-refractivity contribution < 1.29 is 0 Å². The molecule has 19 heavy (non-hydrogen) atoms. The van der Waals surface area contributed by atoms with Gasteiger partial charge in [-0.1, -0.05) is 31.4 Å². The second kappa shape index (κ2) is 6.76. The highest BCUT2D eigenvalue weighted by molar-refractivity contribution is 6.31. The van der Waals surface area contributed by atoms with Crippen LogP contribution in [-0.2, 0) is 13.6 Å². The molecule has 0 spiro atoms. The maximum atomic E-state index is 6.27. The number of hydrogen-bond donors (Lipinski definition) is 1. The van der Waals surface area contributed by atoms with Gasteiger partial charge < -0.3 is 5.32 Å². The Morgan fingerprint density at radius 2 is 2.00 bits per heavy atom. The van der Waals surface area contributed by atoms with Gasteiger partial charge in [0.25, 0.3) is 0 Å². The van der Waals surface area contributed by atoms with E-state index in [0.717, 1.165) is 28.9 Å². The fourth-order valence-corrected chi connectivity index (χ4v) is 3.40. The number of nitrogens with one attached hydrogen (secondary N) is 1. The summed E-state index contributed by atoms with van der Waals surface area (Å²) < 4.78 is 1.90. The monoisotopic (exact) mass is 283 g/mol. The maximum Gasteiger partial charge on any atom is 0.0860 e. The van der Waals surface area contributed by atoms with Gasteiger partial charge in [0.1, 0.15) is 0 Å². The molecule has 1 N–H and O–H groups in total. The van der Waals surface area contributed by atoms with Crippen molar-refractivity contribution in [2.75, 3.05) is 0 Å². The van der Waals surface area contributed by atoms with E-state index in [9.17, 15) is 0 Å². The number of aromatic nitrogens is 2. The van der Waals surface area contributed by atoms with Crippen LogP contribution in [0.25, 0.3) is 0 Å². The zero-order valence-corrected chi connectivity index (χ0v) is 13.1. The molecule has 1 fully saturated rings. The van der Waals surface area contributed by atoms with Crippen molar-refractivity contribution in [3.63, 3.8) is 0 Å². The smallest absolute Gasteiger partial charge is 0.0860 e. The molecule has 0 radical (unpaired) electrons. The first-order chi connectivity index (χ1) is 9.11. The minimum absolute atomic E-state index is 0.652. The van der Waals surface area contributed by atoms with E-state index in [-0.39, 0.29) is 0 Å². The van der Waals surface area contributed by atoms with E-state index in [1.165, 1.54) is 38.5 Å². The van der Waals surface area contributed by atoms with Gasteiger partial charge in [-0.25, -0.2) is 0 Å². The molecule has 3 nitrogen and oxygen atoms in total. The van der Waals surface area contributed by atoms with Gasteiger partial charge in [-0.15, -0.1) is 0 Å². The summed E-state index contributed by atoms with van der Waals surface area (Å²) in [6, 6.07) is 0.652. The van der Waals surface area contributed by atoms with Gasteiger partial charge in [0.15, 0.2) is 0 Å². The van der Waals surface area contributed by atoms with Crippen LogP contribution in [0.15, 0.2) is 0 Å². The van der Waals surface area contributed by atoms with Crippen LogP contribution in [0, 0.1) is 12.8 Å². The lowest BCUT2D eigenvalue weighted by Crippen LogP contribution is -2.33. The lowest BCUT2D eigenvalue weighted by atomic mass is 9.83. The zero-order valence-electron chi connectivity index (χ0n) is 12.4. The molecule has 0 aromatic carbocycles. The Bertz CT molecular complexity index is 406. The molecule has 1 heterocycles. The fraction of sp³-hybridized carbons (Fsp3) is 0.800.